The molecule has 3 nitrogen and oxygen atoms in total. The van der Waals surface area contributed by atoms with Crippen LogP contribution >= 0.6 is 0 Å². The first-order valence-electron chi connectivity index (χ1n) is 7.83. The predicted octanol–water partition coefficient (Wildman–Crippen LogP) is 3.36. The van der Waals surface area contributed by atoms with E-state index in [1.165, 1.54) is 6.07 Å². The second kappa shape index (κ2) is 9.00. The molecule has 21 heavy (non-hydrogen) atoms. The monoisotopic (exact) mass is 296 g/mol. The maximum absolute atomic E-state index is 14.5. The normalized spacial score (nSPS) is 12.7. The van der Waals surface area contributed by atoms with Gasteiger partial charge >= 0.3 is 0 Å². The van der Waals surface area contributed by atoms with Crippen LogP contribution in [0.25, 0.3) is 0 Å². The fraction of sp³-hybridized carbons (Fsp3) is 0.647. The van der Waals surface area contributed by atoms with E-state index in [9.17, 15) is 4.39 Å². The molecule has 0 aliphatic carbocycles. The highest BCUT2D eigenvalue weighted by atomic mass is 19.1. The third-order valence-corrected chi connectivity index (χ3v) is 3.82. The predicted molar refractivity (Wildman–Crippen MR) is 87.3 cm³/mol. The second-order valence-electron chi connectivity index (χ2n) is 5.59. The van der Waals surface area contributed by atoms with Gasteiger partial charge in [-0.3, -0.25) is 0 Å². The second-order valence-corrected chi connectivity index (χ2v) is 5.59. The number of nitrogens with two attached hydrogens (primary N) is 1. The zero-order valence-corrected chi connectivity index (χ0v) is 13.7. The number of ether oxygens (including phenoxy) is 1. The van der Waals surface area contributed by atoms with E-state index in [1.807, 2.05) is 13.0 Å². The van der Waals surface area contributed by atoms with E-state index < -0.39 is 0 Å². The standard InChI is InChI=1S/C17H29FN2O/c1-5-15(6-2)20(10-11-21-4)17-14(12-13(3)19)8-7-9-16(17)18/h7-9,13,15H,5-6,10-12,19H2,1-4H3. The minimum atomic E-state index is -0.170. The molecule has 120 valence electrons. The minimum absolute atomic E-state index is 0.0107. The summed E-state index contributed by atoms with van der Waals surface area (Å²) in [5.41, 5.74) is 7.59. The van der Waals surface area contributed by atoms with Crippen LogP contribution in [0.4, 0.5) is 10.1 Å². The molecule has 0 fully saturated rings. The molecule has 0 bridgehead atoms. The number of benzene rings is 1. The molecule has 4 heteroatoms. The van der Waals surface area contributed by atoms with Crippen molar-refractivity contribution in [2.45, 2.75) is 52.1 Å². The first-order valence-corrected chi connectivity index (χ1v) is 7.83. The largest absolute Gasteiger partial charge is 0.383 e. The van der Waals surface area contributed by atoms with Crippen molar-refractivity contribution in [2.24, 2.45) is 5.73 Å². The Morgan fingerprint density at radius 1 is 1.29 bits per heavy atom. The summed E-state index contributed by atoms with van der Waals surface area (Å²) in [5, 5.41) is 0. The maximum atomic E-state index is 14.5. The van der Waals surface area contributed by atoms with Crippen molar-refractivity contribution in [3.8, 4) is 0 Å². The van der Waals surface area contributed by atoms with Crippen LogP contribution in [0, 0.1) is 5.82 Å². The molecule has 0 aliphatic heterocycles. The molecule has 1 aromatic carbocycles. The van der Waals surface area contributed by atoms with Crippen molar-refractivity contribution in [3.05, 3.63) is 29.6 Å². The Labute approximate surface area is 128 Å². The lowest BCUT2D eigenvalue weighted by Gasteiger charge is -2.34. The van der Waals surface area contributed by atoms with Gasteiger partial charge in [0, 0.05) is 25.7 Å². The molecular formula is C17H29FN2O. The van der Waals surface area contributed by atoms with Gasteiger partial charge in [0.25, 0.3) is 0 Å². The van der Waals surface area contributed by atoms with Gasteiger partial charge in [0.05, 0.1) is 12.3 Å². The summed E-state index contributed by atoms with van der Waals surface area (Å²) in [6, 6.07) is 5.59. The van der Waals surface area contributed by atoms with E-state index in [0.29, 0.717) is 31.3 Å². The fourth-order valence-electron chi connectivity index (χ4n) is 2.79. The Bertz CT molecular complexity index is 419. The first kappa shape index (κ1) is 17.9. The molecule has 1 rings (SSSR count). The summed E-state index contributed by atoms with van der Waals surface area (Å²) >= 11 is 0. The van der Waals surface area contributed by atoms with E-state index in [1.54, 1.807) is 13.2 Å². The Morgan fingerprint density at radius 2 is 1.95 bits per heavy atom. The summed E-state index contributed by atoms with van der Waals surface area (Å²) in [6.45, 7) is 7.50. The van der Waals surface area contributed by atoms with Crippen LogP contribution in [-0.2, 0) is 11.2 Å². The summed E-state index contributed by atoms with van der Waals surface area (Å²) in [4.78, 5) is 2.15. The Hall–Kier alpha value is -1.13. The lowest BCUT2D eigenvalue weighted by Crippen LogP contribution is -2.38. The highest BCUT2D eigenvalue weighted by Crippen LogP contribution is 2.29. The summed E-state index contributed by atoms with van der Waals surface area (Å²) < 4.78 is 19.7. The SMILES string of the molecule is CCC(CC)N(CCOC)c1c(F)cccc1CC(C)N. The van der Waals surface area contributed by atoms with Gasteiger partial charge in [-0.25, -0.2) is 4.39 Å². The molecule has 0 saturated carbocycles. The molecule has 1 aromatic rings. The van der Waals surface area contributed by atoms with Crippen LogP contribution in [0.15, 0.2) is 18.2 Å². The number of hydrogen-bond donors (Lipinski definition) is 1. The van der Waals surface area contributed by atoms with E-state index in [4.69, 9.17) is 10.5 Å². The van der Waals surface area contributed by atoms with Gasteiger partial charge in [0.2, 0.25) is 0 Å². The molecule has 0 radical (unpaired) electrons. The van der Waals surface area contributed by atoms with Crippen LogP contribution < -0.4 is 10.6 Å². The summed E-state index contributed by atoms with van der Waals surface area (Å²) in [7, 11) is 1.68. The molecule has 0 amide bonds. The van der Waals surface area contributed by atoms with Crippen molar-refractivity contribution < 1.29 is 9.13 Å². The van der Waals surface area contributed by atoms with Gasteiger partial charge in [0.15, 0.2) is 0 Å². The molecule has 0 heterocycles. The van der Waals surface area contributed by atoms with Crippen LogP contribution in [0.3, 0.4) is 0 Å². The van der Waals surface area contributed by atoms with Crippen molar-refractivity contribution in [3.63, 3.8) is 0 Å². The van der Waals surface area contributed by atoms with Crippen LogP contribution in [0.2, 0.25) is 0 Å². The highest BCUT2D eigenvalue weighted by Gasteiger charge is 2.22. The molecule has 1 atom stereocenters. The Morgan fingerprint density at radius 3 is 2.48 bits per heavy atom. The smallest absolute Gasteiger partial charge is 0.146 e. The van der Waals surface area contributed by atoms with Gasteiger partial charge in [-0.05, 0) is 37.8 Å². The highest BCUT2D eigenvalue weighted by molar-refractivity contribution is 5.56. The van der Waals surface area contributed by atoms with Gasteiger partial charge in [0.1, 0.15) is 5.82 Å². The van der Waals surface area contributed by atoms with Gasteiger partial charge in [-0.15, -0.1) is 0 Å². The van der Waals surface area contributed by atoms with E-state index in [2.05, 4.69) is 18.7 Å². The quantitative estimate of drug-likeness (QED) is 0.759. The maximum Gasteiger partial charge on any atom is 0.146 e. The number of methoxy groups -OCH3 is 1. The Kier molecular flexibility index (Phi) is 7.68. The molecule has 0 saturated heterocycles. The number of anilines is 1. The van der Waals surface area contributed by atoms with Gasteiger partial charge in [-0.2, -0.15) is 0 Å². The molecule has 0 aromatic heterocycles. The topological polar surface area (TPSA) is 38.5 Å². The zero-order chi connectivity index (χ0) is 15.8. The van der Waals surface area contributed by atoms with E-state index in [0.717, 1.165) is 18.4 Å². The Balaban J connectivity index is 3.20. The van der Waals surface area contributed by atoms with Crippen molar-refractivity contribution >= 4 is 5.69 Å². The number of nitrogens with zero attached hydrogens (tertiary/aromatic N) is 1. The van der Waals surface area contributed by atoms with Crippen molar-refractivity contribution in [1.82, 2.24) is 0 Å². The summed E-state index contributed by atoms with van der Waals surface area (Å²) in [5.74, 6) is -0.170. The van der Waals surface area contributed by atoms with Gasteiger partial charge < -0.3 is 15.4 Å². The average molecular weight is 296 g/mol. The van der Waals surface area contributed by atoms with E-state index >= 15 is 0 Å². The average Bonchev–Trinajstić information content (AvgIpc) is 2.44. The first-order chi connectivity index (χ1) is 10.0. The molecule has 1 unspecified atom stereocenters. The molecule has 0 spiro atoms. The van der Waals surface area contributed by atoms with Crippen LogP contribution in [-0.4, -0.2) is 32.3 Å². The third kappa shape index (κ3) is 4.97. The van der Waals surface area contributed by atoms with Crippen LogP contribution in [0.1, 0.15) is 39.2 Å². The molecule has 0 aliphatic rings. The van der Waals surface area contributed by atoms with Crippen molar-refractivity contribution in [1.29, 1.82) is 0 Å². The number of halogens is 1. The number of hydrogen-bond acceptors (Lipinski definition) is 3. The minimum Gasteiger partial charge on any atom is -0.383 e. The van der Waals surface area contributed by atoms with Crippen LogP contribution in [0.5, 0.6) is 0 Å². The van der Waals surface area contributed by atoms with E-state index in [-0.39, 0.29) is 11.9 Å². The third-order valence-electron chi connectivity index (χ3n) is 3.82. The summed E-state index contributed by atoms with van der Waals surface area (Å²) in [6.07, 6.45) is 2.63. The number of rotatable bonds is 9. The zero-order valence-electron chi connectivity index (χ0n) is 13.7. The lowest BCUT2D eigenvalue weighted by atomic mass is 10.0. The van der Waals surface area contributed by atoms with Gasteiger partial charge in [-0.1, -0.05) is 26.0 Å². The molecular weight excluding hydrogens is 267 g/mol. The van der Waals surface area contributed by atoms with Crippen molar-refractivity contribution in [2.75, 3.05) is 25.2 Å². The lowest BCUT2D eigenvalue weighted by molar-refractivity contribution is 0.202. The fourth-order valence-corrected chi connectivity index (χ4v) is 2.79. The molecule has 2 N–H and O–H groups in total. The number of para-hydroxylation sites is 1.